The molecule has 1 aromatic rings. The lowest BCUT2D eigenvalue weighted by atomic mass is 9.79. The largest absolute Gasteiger partial charge is 0.330 e. The Bertz CT molecular complexity index is 372. The van der Waals surface area contributed by atoms with Gasteiger partial charge in [0.25, 0.3) is 0 Å². The highest BCUT2D eigenvalue weighted by Gasteiger charge is 2.36. The van der Waals surface area contributed by atoms with Gasteiger partial charge in [0.05, 0.1) is 0 Å². The molecular formula is C13H18FNS. The first kappa shape index (κ1) is 11.9. The van der Waals surface area contributed by atoms with Crippen molar-refractivity contribution in [1.29, 1.82) is 0 Å². The second-order valence-electron chi connectivity index (χ2n) is 4.54. The van der Waals surface area contributed by atoms with Crippen molar-refractivity contribution in [2.75, 3.05) is 12.8 Å². The molecule has 0 unspecified atom stereocenters. The summed E-state index contributed by atoms with van der Waals surface area (Å²) in [5, 5.41) is 0. The molecule has 1 nitrogen and oxygen atoms in total. The zero-order valence-corrected chi connectivity index (χ0v) is 10.4. The minimum Gasteiger partial charge on any atom is -0.330 e. The fraction of sp³-hybridized carbons (Fsp3) is 0.538. The molecule has 88 valence electrons. The Labute approximate surface area is 101 Å². The van der Waals surface area contributed by atoms with Crippen molar-refractivity contribution in [2.24, 2.45) is 5.73 Å². The van der Waals surface area contributed by atoms with Gasteiger partial charge in [-0.05, 0) is 42.9 Å². The van der Waals surface area contributed by atoms with E-state index in [0.29, 0.717) is 6.54 Å². The first-order valence-corrected chi connectivity index (χ1v) is 6.98. The van der Waals surface area contributed by atoms with E-state index >= 15 is 0 Å². The molecular weight excluding hydrogens is 221 g/mol. The van der Waals surface area contributed by atoms with Crippen molar-refractivity contribution < 1.29 is 4.39 Å². The van der Waals surface area contributed by atoms with Gasteiger partial charge in [0.1, 0.15) is 5.82 Å². The van der Waals surface area contributed by atoms with Crippen LogP contribution >= 0.6 is 11.8 Å². The molecule has 0 heterocycles. The van der Waals surface area contributed by atoms with Crippen LogP contribution in [0.4, 0.5) is 4.39 Å². The van der Waals surface area contributed by atoms with E-state index in [1.807, 2.05) is 18.4 Å². The molecule has 3 heteroatoms. The fourth-order valence-electron chi connectivity index (χ4n) is 2.67. The van der Waals surface area contributed by atoms with Gasteiger partial charge in [-0.1, -0.05) is 12.8 Å². The van der Waals surface area contributed by atoms with Gasteiger partial charge >= 0.3 is 0 Å². The number of benzene rings is 1. The highest BCUT2D eigenvalue weighted by atomic mass is 32.2. The molecule has 0 aliphatic heterocycles. The van der Waals surface area contributed by atoms with Crippen LogP contribution in [0.25, 0.3) is 0 Å². The van der Waals surface area contributed by atoms with E-state index in [2.05, 4.69) is 0 Å². The molecule has 1 saturated carbocycles. The minimum atomic E-state index is -0.101. The van der Waals surface area contributed by atoms with Gasteiger partial charge in [-0.25, -0.2) is 4.39 Å². The van der Waals surface area contributed by atoms with E-state index in [1.165, 1.54) is 12.8 Å². The zero-order valence-electron chi connectivity index (χ0n) is 9.63. The van der Waals surface area contributed by atoms with Crippen LogP contribution in [0.2, 0.25) is 0 Å². The summed E-state index contributed by atoms with van der Waals surface area (Å²) >= 11 is 1.65. The summed E-state index contributed by atoms with van der Waals surface area (Å²) < 4.78 is 13.9. The predicted molar refractivity (Wildman–Crippen MR) is 67.4 cm³/mol. The predicted octanol–water partition coefficient (Wildman–Crippen LogP) is 3.32. The maximum atomic E-state index is 13.9. The second kappa shape index (κ2) is 4.76. The molecule has 1 fully saturated rings. The summed E-state index contributed by atoms with van der Waals surface area (Å²) in [7, 11) is 0. The SMILES string of the molecule is CSc1ccc(F)c(C2(CN)CCCC2)c1. The van der Waals surface area contributed by atoms with E-state index in [1.54, 1.807) is 17.8 Å². The van der Waals surface area contributed by atoms with Gasteiger partial charge < -0.3 is 5.73 Å². The summed E-state index contributed by atoms with van der Waals surface area (Å²) in [6.07, 6.45) is 6.40. The summed E-state index contributed by atoms with van der Waals surface area (Å²) in [6.45, 7) is 0.557. The third-order valence-electron chi connectivity index (χ3n) is 3.70. The van der Waals surface area contributed by atoms with Crippen LogP contribution in [0.3, 0.4) is 0 Å². The normalized spacial score (nSPS) is 18.9. The molecule has 0 saturated heterocycles. The maximum Gasteiger partial charge on any atom is 0.127 e. The Kier molecular flexibility index (Phi) is 3.55. The molecule has 0 aromatic heterocycles. The van der Waals surface area contributed by atoms with E-state index in [9.17, 15) is 4.39 Å². The third kappa shape index (κ3) is 1.98. The Morgan fingerprint density at radius 2 is 2.06 bits per heavy atom. The molecule has 0 bridgehead atoms. The standard InChI is InChI=1S/C13H18FNS/c1-16-10-4-5-12(14)11(8-10)13(9-15)6-2-3-7-13/h4-5,8H,2-3,6-7,9,15H2,1H3. The number of thioether (sulfide) groups is 1. The Balaban J connectivity index is 2.44. The first-order valence-electron chi connectivity index (χ1n) is 5.76. The minimum absolute atomic E-state index is 0.0925. The van der Waals surface area contributed by atoms with Gasteiger partial charge in [-0.2, -0.15) is 0 Å². The second-order valence-corrected chi connectivity index (χ2v) is 5.42. The molecule has 1 aromatic carbocycles. The Hall–Kier alpha value is -0.540. The van der Waals surface area contributed by atoms with Crippen molar-refractivity contribution >= 4 is 11.8 Å². The van der Waals surface area contributed by atoms with Crippen LogP contribution in [-0.4, -0.2) is 12.8 Å². The quantitative estimate of drug-likeness (QED) is 0.819. The molecule has 0 atom stereocenters. The molecule has 2 rings (SSSR count). The van der Waals surface area contributed by atoms with E-state index in [4.69, 9.17) is 5.73 Å². The number of halogens is 1. The Morgan fingerprint density at radius 3 is 2.62 bits per heavy atom. The van der Waals surface area contributed by atoms with Gasteiger partial charge in [-0.15, -0.1) is 11.8 Å². The number of hydrogen-bond donors (Lipinski definition) is 1. The maximum absolute atomic E-state index is 13.9. The summed E-state index contributed by atoms with van der Waals surface area (Å²) in [5.41, 5.74) is 6.62. The van der Waals surface area contributed by atoms with Crippen LogP contribution in [0.15, 0.2) is 23.1 Å². The highest BCUT2D eigenvalue weighted by Crippen LogP contribution is 2.42. The topological polar surface area (TPSA) is 26.0 Å². The highest BCUT2D eigenvalue weighted by molar-refractivity contribution is 7.98. The van der Waals surface area contributed by atoms with Crippen LogP contribution in [-0.2, 0) is 5.41 Å². The summed E-state index contributed by atoms with van der Waals surface area (Å²) in [6, 6.07) is 5.40. The van der Waals surface area contributed by atoms with E-state index in [-0.39, 0.29) is 11.2 Å². The average Bonchev–Trinajstić information content (AvgIpc) is 2.79. The molecule has 16 heavy (non-hydrogen) atoms. The van der Waals surface area contributed by atoms with Crippen molar-refractivity contribution in [1.82, 2.24) is 0 Å². The lowest BCUT2D eigenvalue weighted by Gasteiger charge is -2.28. The smallest absolute Gasteiger partial charge is 0.127 e. The Morgan fingerprint density at radius 1 is 1.38 bits per heavy atom. The lowest BCUT2D eigenvalue weighted by molar-refractivity contribution is 0.425. The number of rotatable bonds is 3. The number of hydrogen-bond acceptors (Lipinski definition) is 2. The molecule has 2 N–H and O–H groups in total. The summed E-state index contributed by atoms with van der Waals surface area (Å²) in [4.78, 5) is 1.12. The van der Waals surface area contributed by atoms with Gasteiger partial charge in [0.15, 0.2) is 0 Å². The van der Waals surface area contributed by atoms with Crippen LogP contribution < -0.4 is 5.73 Å². The first-order chi connectivity index (χ1) is 7.72. The molecule has 1 aliphatic carbocycles. The number of nitrogens with two attached hydrogens (primary N) is 1. The van der Waals surface area contributed by atoms with E-state index < -0.39 is 0 Å². The van der Waals surface area contributed by atoms with Crippen LogP contribution in [0.1, 0.15) is 31.2 Å². The fourth-order valence-corrected chi connectivity index (χ4v) is 3.11. The van der Waals surface area contributed by atoms with Crippen LogP contribution in [0.5, 0.6) is 0 Å². The van der Waals surface area contributed by atoms with Crippen molar-refractivity contribution in [3.8, 4) is 0 Å². The average molecular weight is 239 g/mol. The molecule has 0 spiro atoms. The molecule has 1 aliphatic rings. The van der Waals surface area contributed by atoms with E-state index in [0.717, 1.165) is 23.3 Å². The van der Waals surface area contributed by atoms with Crippen LogP contribution in [0, 0.1) is 5.82 Å². The summed E-state index contributed by atoms with van der Waals surface area (Å²) in [5.74, 6) is -0.0925. The van der Waals surface area contributed by atoms with Crippen molar-refractivity contribution in [3.63, 3.8) is 0 Å². The monoisotopic (exact) mass is 239 g/mol. The van der Waals surface area contributed by atoms with Crippen molar-refractivity contribution in [3.05, 3.63) is 29.6 Å². The van der Waals surface area contributed by atoms with Gasteiger partial charge in [0, 0.05) is 16.9 Å². The van der Waals surface area contributed by atoms with Gasteiger partial charge in [-0.3, -0.25) is 0 Å². The third-order valence-corrected chi connectivity index (χ3v) is 4.42. The zero-order chi connectivity index (χ0) is 11.6. The lowest BCUT2D eigenvalue weighted by Crippen LogP contribution is -2.33. The molecule has 0 radical (unpaired) electrons. The van der Waals surface area contributed by atoms with Gasteiger partial charge in [0.2, 0.25) is 0 Å². The van der Waals surface area contributed by atoms with Crippen molar-refractivity contribution in [2.45, 2.75) is 36.0 Å². The molecule has 0 amide bonds.